The Morgan fingerprint density at radius 2 is 2.15 bits per heavy atom. The average Bonchev–Trinajstić information content (AvgIpc) is 3.20. The molecule has 1 saturated heterocycles. The summed E-state index contributed by atoms with van der Waals surface area (Å²) in [4.78, 5) is 12.5. The van der Waals surface area contributed by atoms with Gasteiger partial charge in [0.05, 0.1) is 19.3 Å². The van der Waals surface area contributed by atoms with Gasteiger partial charge < -0.3 is 19.0 Å². The van der Waals surface area contributed by atoms with E-state index in [1.165, 1.54) is 0 Å². The maximum absolute atomic E-state index is 12.5. The zero-order chi connectivity index (χ0) is 19.2. The molecule has 1 aliphatic heterocycles. The van der Waals surface area contributed by atoms with Gasteiger partial charge >= 0.3 is 0 Å². The quantitative estimate of drug-likeness (QED) is 0.404. The highest BCUT2D eigenvalue weighted by molar-refractivity contribution is 7.75. The Morgan fingerprint density at radius 1 is 1.33 bits per heavy atom. The van der Waals surface area contributed by atoms with Gasteiger partial charge in [0, 0.05) is 53.0 Å². The van der Waals surface area contributed by atoms with Gasteiger partial charge in [-0.3, -0.25) is 4.79 Å². The largest absolute Gasteiger partial charge is 0.428 e. The second-order valence-corrected chi connectivity index (χ2v) is 6.71. The van der Waals surface area contributed by atoms with Crippen molar-refractivity contribution in [3.05, 3.63) is 65.2 Å². The number of nitrogens with one attached hydrogen (secondary N) is 1. The van der Waals surface area contributed by atoms with Crippen LogP contribution in [0.2, 0.25) is 5.02 Å². The normalized spacial score (nSPS) is 16.1. The topological polar surface area (TPSA) is 56.8 Å². The zero-order valence-electron chi connectivity index (χ0n) is 14.6. The smallest absolute Gasteiger partial charge is 0.255 e. The second kappa shape index (κ2) is 9.28. The third kappa shape index (κ3) is 5.05. The second-order valence-electron chi connectivity index (χ2n) is 6.12. The molecular weight excluding hydrogens is 386 g/mol. The van der Waals surface area contributed by atoms with Crippen LogP contribution in [0.1, 0.15) is 17.5 Å². The molecule has 5 nitrogen and oxygen atoms in total. The van der Waals surface area contributed by atoms with E-state index in [1.54, 1.807) is 36.4 Å². The van der Waals surface area contributed by atoms with Crippen LogP contribution < -0.4 is 9.50 Å². The van der Waals surface area contributed by atoms with Crippen molar-refractivity contribution in [2.45, 2.75) is 19.1 Å². The van der Waals surface area contributed by atoms with E-state index in [9.17, 15) is 4.79 Å². The molecule has 0 aliphatic carbocycles. The SMILES string of the molecule is C=C(C(=O)Nc1ccc(COC2CCOC2)c(OS)c1)c1ccccc1Cl. The van der Waals surface area contributed by atoms with Crippen molar-refractivity contribution in [1.29, 1.82) is 0 Å². The highest BCUT2D eigenvalue weighted by Gasteiger charge is 2.18. The maximum atomic E-state index is 12.5. The molecule has 0 radical (unpaired) electrons. The van der Waals surface area contributed by atoms with E-state index in [0.29, 0.717) is 35.2 Å². The van der Waals surface area contributed by atoms with Crippen LogP contribution in [-0.2, 0) is 20.9 Å². The van der Waals surface area contributed by atoms with Gasteiger partial charge in [0.2, 0.25) is 0 Å². The molecule has 1 unspecified atom stereocenters. The number of amides is 1. The fourth-order valence-electron chi connectivity index (χ4n) is 2.72. The average molecular weight is 406 g/mol. The first-order valence-electron chi connectivity index (χ1n) is 8.47. The summed E-state index contributed by atoms with van der Waals surface area (Å²) >= 11 is 10.0. The zero-order valence-corrected chi connectivity index (χ0v) is 16.3. The summed E-state index contributed by atoms with van der Waals surface area (Å²) in [5.41, 5.74) is 2.26. The molecule has 27 heavy (non-hydrogen) atoms. The van der Waals surface area contributed by atoms with E-state index >= 15 is 0 Å². The lowest BCUT2D eigenvalue weighted by atomic mass is 10.1. The van der Waals surface area contributed by atoms with Gasteiger partial charge in [0.25, 0.3) is 5.91 Å². The van der Waals surface area contributed by atoms with E-state index in [4.69, 9.17) is 25.3 Å². The highest BCUT2D eigenvalue weighted by Crippen LogP contribution is 2.28. The molecule has 1 heterocycles. The summed E-state index contributed by atoms with van der Waals surface area (Å²) in [5, 5.41) is 3.27. The Kier molecular flexibility index (Phi) is 6.79. The number of carbonyl (C=O) groups excluding carboxylic acids is 1. The van der Waals surface area contributed by atoms with Gasteiger partial charge in [-0.2, -0.15) is 0 Å². The van der Waals surface area contributed by atoms with E-state index in [0.717, 1.165) is 18.6 Å². The first-order chi connectivity index (χ1) is 13.1. The molecule has 0 aromatic heterocycles. The van der Waals surface area contributed by atoms with Crippen LogP contribution >= 0.6 is 24.5 Å². The van der Waals surface area contributed by atoms with Crippen LogP contribution in [0.3, 0.4) is 0 Å². The number of benzene rings is 2. The Labute approximate surface area is 168 Å². The molecule has 142 valence electrons. The summed E-state index contributed by atoms with van der Waals surface area (Å²) in [6.45, 7) is 5.55. The summed E-state index contributed by atoms with van der Waals surface area (Å²) in [6, 6.07) is 12.4. The maximum Gasteiger partial charge on any atom is 0.255 e. The summed E-state index contributed by atoms with van der Waals surface area (Å²) in [6.07, 6.45) is 0.978. The molecule has 7 heteroatoms. The molecular formula is C20H20ClNO4S. The van der Waals surface area contributed by atoms with E-state index in [-0.39, 0.29) is 17.6 Å². The lowest BCUT2D eigenvalue weighted by Gasteiger charge is -2.14. The van der Waals surface area contributed by atoms with Crippen LogP contribution in [0.4, 0.5) is 5.69 Å². The van der Waals surface area contributed by atoms with Crippen LogP contribution in [0.25, 0.3) is 5.57 Å². The van der Waals surface area contributed by atoms with Gasteiger partial charge in [-0.25, -0.2) is 0 Å². The number of thiol groups is 1. The first-order valence-corrected chi connectivity index (χ1v) is 9.21. The van der Waals surface area contributed by atoms with Crippen LogP contribution in [0.15, 0.2) is 49.0 Å². The fraction of sp³-hybridized carbons (Fsp3) is 0.250. The minimum absolute atomic E-state index is 0.0936. The van der Waals surface area contributed by atoms with Crippen molar-refractivity contribution in [3.63, 3.8) is 0 Å². The lowest BCUT2D eigenvalue weighted by molar-refractivity contribution is -0.111. The number of halogens is 1. The van der Waals surface area contributed by atoms with Crippen LogP contribution in [0, 0.1) is 0 Å². The number of anilines is 1. The molecule has 0 spiro atoms. The van der Waals surface area contributed by atoms with Crippen LogP contribution in [0.5, 0.6) is 5.75 Å². The predicted molar refractivity (Wildman–Crippen MR) is 109 cm³/mol. The number of hydrogen-bond acceptors (Lipinski definition) is 5. The van der Waals surface area contributed by atoms with Crippen molar-refractivity contribution >= 4 is 41.7 Å². The van der Waals surface area contributed by atoms with Gasteiger partial charge in [0.1, 0.15) is 5.75 Å². The first kappa shape index (κ1) is 19.8. The number of rotatable bonds is 7. The molecule has 0 bridgehead atoms. The van der Waals surface area contributed by atoms with Gasteiger partial charge in [-0.05, 0) is 18.6 Å². The Hall–Kier alpha value is -1.99. The molecule has 2 aromatic carbocycles. The summed E-state index contributed by atoms with van der Waals surface area (Å²) in [5.74, 6) is 0.165. The molecule has 0 saturated carbocycles. The Bertz CT molecular complexity index is 836. The molecule has 1 N–H and O–H groups in total. The molecule has 1 fully saturated rings. The predicted octanol–water partition coefficient (Wildman–Crippen LogP) is 4.52. The minimum atomic E-state index is -0.347. The van der Waals surface area contributed by atoms with Crippen molar-refractivity contribution < 1.29 is 18.5 Å². The molecule has 2 aromatic rings. The van der Waals surface area contributed by atoms with Gasteiger partial charge in [-0.1, -0.05) is 42.4 Å². The number of ether oxygens (including phenoxy) is 2. The van der Waals surface area contributed by atoms with E-state index < -0.39 is 0 Å². The molecule has 1 amide bonds. The van der Waals surface area contributed by atoms with Gasteiger partial charge in [0.15, 0.2) is 0 Å². The molecule has 3 rings (SSSR count). The minimum Gasteiger partial charge on any atom is -0.428 e. The number of carbonyl (C=O) groups is 1. The fourth-order valence-corrected chi connectivity index (χ4v) is 3.14. The third-order valence-electron chi connectivity index (χ3n) is 4.26. The van der Waals surface area contributed by atoms with Gasteiger partial charge in [-0.15, -0.1) is 0 Å². The van der Waals surface area contributed by atoms with E-state index in [2.05, 4.69) is 24.8 Å². The van der Waals surface area contributed by atoms with Crippen molar-refractivity contribution in [2.24, 2.45) is 0 Å². The van der Waals surface area contributed by atoms with Crippen LogP contribution in [-0.4, -0.2) is 25.2 Å². The molecule has 1 atom stereocenters. The third-order valence-corrected chi connectivity index (χ3v) is 4.79. The highest BCUT2D eigenvalue weighted by atomic mass is 35.5. The summed E-state index contributed by atoms with van der Waals surface area (Å²) < 4.78 is 16.2. The molecule has 1 aliphatic rings. The van der Waals surface area contributed by atoms with Crippen molar-refractivity contribution in [2.75, 3.05) is 18.5 Å². The number of hydrogen-bond donors (Lipinski definition) is 2. The van der Waals surface area contributed by atoms with Crippen molar-refractivity contribution in [1.82, 2.24) is 0 Å². The Balaban J connectivity index is 1.66. The van der Waals surface area contributed by atoms with Crippen molar-refractivity contribution in [3.8, 4) is 5.75 Å². The summed E-state index contributed by atoms with van der Waals surface area (Å²) in [7, 11) is 0. The monoisotopic (exact) mass is 405 g/mol. The lowest BCUT2D eigenvalue weighted by Crippen LogP contribution is -2.14. The standard InChI is InChI=1S/C20H20ClNO4S/c1-13(17-4-2-3-5-18(17)21)20(23)22-15-7-6-14(19(10-15)26-27)11-25-16-8-9-24-12-16/h2-7,10,16,27H,1,8-9,11-12H2,(H,22,23). The Morgan fingerprint density at radius 3 is 2.85 bits per heavy atom. The van der Waals surface area contributed by atoms with E-state index in [1.807, 2.05) is 6.07 Å².